The minimum absolute atomic E-state index is 0.0145. The molecule has 2 rings (SSSR count). The highest BCUT2D eigenvalue weighted by molar-refractivity contribution is 4.94. The summed E-state index contributed by atoms with van der Waals surface area (Å²) in [5, 5.41) is 13.0. The van der Waals surface area contributed by atoms with Crippen molar-refractivity contribution in [3.63, 3.8) is 0 Å². The predicted octanol–water partition coefficient (Wildman–Crippen LogP) is 1.43. The maximum Gasteiger partial charge on any atom is 0.0541 e. The molecule has 1 spiro atoms. The van der Waals surface area contributed by atoms with Crippen molar-refractivity contribution in [2.75, 3.05) is 6.54 Å². The first-order valence-corrected chi connectivity index (χ1v) is 5.24. The topological polar surface area (TPSA) is 32.3 Å². The summed E-state index contributed by atoms with van der Waals surface area (Å²) in [4.78, 5) is 0. The molecule has 2 aliphatic rings. The lowest BCUT2D eigenvalue weighted by Crippen LogP contribution is -2.51. The van der Waals surface area contributed by atoms with Gasteiger partial charge in [-0.05, 0) is 45.1 Å². The summed E-state index contributed by atoms with van der Waals surface area (Å²) in [5.74, 6) is 0. The molecule has 0 aromatic rings. The largest absolute Gasteiger partial charge is 0.393 e. The lowest BCUT2D eigenvalue weighted by Gasteiger charge is -2.42. The van der Waals surface area contributed by atoms with E-state index in [0.29, 0.717) is 5.54 Å². The first-order valence-electron chi connectivity index (χ1n) is 5.24. The Hall–Kier alpha value is -0.0800. The van der Waals surface area contributed by atoms with Crippen molar-refractivity contribution in [3.8, 4) is 0 Å². The second-order valence-corrected chi connectivity index (χ2v) is 4.40. The van der Waals surface area contributed by atoms with Crippen LogP contribution >= 0.6 is 0 Å². The number of aliphatic hydroxyl groups excluding tert-OH is 1. The Kier molecular flexibility index (Phi) is 2.37. The number of hydrogen-bond acceptors (Lipinski definition) is 2. The molecule has 2 fully saturated rings. The van der Waals surface area contributed by atoms with Gasteiger partial charge in [0.25, 0.3) is 0 Å². The van der Waals surface area contributed by atoms with E-state index in [2.05, 4.69) is 5.32 Å². The van der Waals surface area contributed by atoms with Gasteiger partial charge in [0.05, 0.1) is 6.10 Å². The summed E-state index contributed by atoms with van der Waals surface area (Å²) in [6, 6.07) is 0. The van der Waals surface area contributed by atoms with Crippen molar-refractivity contribution >= 4 is 0 Å². The fourth-order valence-corrected chi connectivity index (χ4v) is 2.61. The Morgan fingerprint density at radius 1 is 1.08 bits per heavy atom. The van der Waals surface area contributed by atoms with E-state index in [1.54, 1.807) is 0 Å². The van der Waals surface area contributed by atoms with E-state index < -0.39 is 0 Å². The lowest BCUT2D eigenvalue weighted by atomic mass is 9.75. The first-order chi connectivity index (χ1) is 5.81. The van der Waals surface area contributed by atoms with Crippen molar-refractivity contribution in [3.05, 3.63) is 0 Å². The maximum absolute atomic E-state index is 9.40. The Labute approximate surface area is 74.4 Å². The van der Waals surface area contributed by atoms with Crippen LogP contribution in [-0.2, 0) is 0 Å². The zero-order chi connectivity index (χ0) is 8.44. The molecule has 0 unspecified atom stereocenters. The molecule has 0 bridgehead atoms. The molecule has 0 aromatic heterocycles. The van der Waals surface area contributed by atoms with Crippen LogP contribution in [0.4, 0.5) is 0 Å². The predicted molar refractivity (Wildman–Crippen MR) is 49.1 cm³/mol. The molecular weight excluding hydrogens is 150 g/mol. The van der Waals surface area contributed by atoms with Crippen LogP contribution in [0, 0.1) is 0 Å². The van der Waals surface area contributed by atoms with Crippen molar-refractivity contribution in [2.24, 2.45) is 0 Å². The van der Waals surface area contributed by atoms with Gasteiger partial charge in [0.1, 0.15) is 0 Å². The summed E-state index contributed by atoms with van der Waals surface area (Å²) >= 11 is 0. The Morgan fingerprint density at radius 2 is 1.83 bits per heavy atom. The summed E-state index contributed by atoms with van der Waals surface area (Å²) in [5.41, 5.74) is 0.428. The minimum atomic E-state index is -0.0145. The van der Waals surface area contributed by atoms with Crippen molar-refractivity contribution < 1.29 is 5.11 Å². The standard InChI is InChI=1S/C10H19NO/c12-9-3-6-10(7-4-9)5-1-2-8-11-10/h9,11-12H,1-8H2. The molecule has 2 nitrogen and oxygen atoms in total. The quantitative estimate of drug-likeness (QED) is 0.575. The van der Waals surface area contributed by atoms with Gasteiger partial charge in [0, 0.05) is 5.54 Å². The van der Waals surface area contributed by atoms with E-state index in [-0.39, 0.29) is 6.10 Å². The molecule has 0 amide bonds. The van der Waals surface area contributed by atoms with Crippen LogP contribution in [0.15, 0.2) is 0 Å². The van der Waals surface area contributed by atoms with Crippen LogP contribution in [0.2, 0.25) is 0 Å². The van der Waals surface area contributed by atoms with Crippen LogP contribution in [-0.4, -0.2) is 23.3 Å². The number of piperidine rings is 1. The Morgan fingerprint density at radius 3 is 2.42 bits per heavy atom. The second kappa shape index (κ2) is 3.35. The highest BCUT2D eigenvalue weighted by Crippen LogP contribution is 2.34. The van der Waals surface area contributed by atoms with Crippen LogP contribution in [0.5, 0.6) is 0 Å². The molecule has 0 aromatic carbocycles. The highest BCUT2D eigenvalue weighted by atomic mass is 16.3. The normalized spacial score (nSPS) is 43.2. The van der Waals surface area contributed by atoms with Crippen molar-refractivity contribution in [1.82, 2.24) is 5.32 Å². The Balaban J connectivity index is 1.92. The average molecular weight is 169 g/mol. The molecule has 1 saturated carbocycles. The fraction of sp³-hybridized carbons (Fsp3) is 1.00. The molecule has 0 radical (unpaired) electrons. The average Bonchev–Trinajstić information content (AvgIpc) is 2.13. The van der Waals surface area contributed by atoms with Gasteiger partial charge in [-0.1, -0.05) is 6.42 Å². The van der Waals surface area contributed by atoms with E-state index in [0.717, 1.165) is 12.8 Å². The molecule has 12 heavy (non-hydrogen) atoms. The maximum atomic E-state index is 9.40. The van der Waals surface area contributed by atoms with Crippen molar-refractivity contribution in [1.29, 1.82) is 0 Å². The van der Waals surface area contributed by atoms with E-state index in [9.17, 15) is 5.11 Å². The van der Waals surface area contributed by atoms with Gasteiger partial charge < -0.3 is 10.4 Å². The number of rotatable bonds is 0. The molecule has 2 heteroatoms. The molecule has 1 heterocycles. The molecule has 1 saturated heterocycles. The third kappa shape index (κ3) is 1.64. The van der Waals surface area contributed by atoms with Gasteiger partial charge in [0.15, 0.2) is 0 Å². The molecule has 1 aliphatic carbocycles. The van der Waals surface area contributed by atoms with Crippen molar-refractivity contribution in [2.45, 2.75) is 56.6 Å². The summed E-state index contributed by atoms with van der Waals surface area (Å²) < 4.78 is 0. The van der Waals surface area contributed by atoms with E-state index in [1.165, 1.54) is 38.6 Å². The smallest absolute Gasteiger partial charge is 0.0541 e. The number of hydrogen-bond donors (Lipinski definition) is 2. The summed E-state index contributed by atoms with van der Waals surface area (Å²) in [7, 11) is 0. The molecule has 1 aliphatic heterocycles. The number of nitrogens with one attached hydrogen (secondary N) is 1. The summed E-state index contributed by atoms with van der Waals surface area (Å²) in [6.45, 7) is 1.19. The van der Waals surface area contributed by atoms with Crippen LogP contribution < -0.4 is 5.32 Å². The molecule has 70 valence electrons. The molecular formula is C10H19NO. The molecule has 0 atom stereocenters. The van der Waals surface area contributed by atoms with Gasteiger partial charge in [-0.3, -0.25) is 0 Å². The zero-order valence-electron chi connectivity index (χ0n) is 7.68. The third-order valence-corrected chi connectivity index (χ3v) is 3.49. The summed E-state index contributed by atoms with van der Waals surface area (Å²) in [6.07, 6.45) is 8.43. The van der Waals surface area contributed by atoms with Gasteiger partial charge in [-0.25, -0.2) is 0 Å². The lowest BCUT2D eigenvalue weighted by molar-refractivity contribution is 0.0714. The van der Waals surface area contributed by atoms with Crippen LogP contribution in [0.3, 0.4) is 0 Å². The number of aliphatic hydroxyl groups is 1. The molecule has 2 N–H and O–H groups in total. The van der Waals surface area contributed by atoms with Crippen LogP contribution in [0.1, 0.15) is 44.9 Å². The fourth-order valence-electron chi connectivity index (χ4n) is 2.61. The Bertz CT molecular complexity index is 142. The zero-order valence-corrected chi connectivity index (χ0v) is 7.68. The first kappa shape index (κ1) is 8.52. The second-order valence-electron chi connectivity index (χ2n) is 4.40. The van der Waals surface area contributed by atoms with Crippen LogP contribution in [0.25, 0.3) is 0 Å². The highest BCUT2D eigenvalue weighted by Gasteiger charge is 2.35. The third-order valence-electron chi connectivity index (χ3n) is 3.49. The monoisotopic (exact) mass is 169 g/mol. The van der Waals surface area contributed by atoms with E-state index in [1.807, 2.05) is 0 Å². The van der Waals surface area contributed by atoms with Gasteiger partial charge in [-0.15, -0.1) is 0 Å². The minimum Gasteiger partial charge on any atom is -0.393 e. The van der Waals surface area contributed by atoms with E-state index in [4.69, 9.17) is 0 Å². The SMILES string of the molecule is OC1CCC2(CCCCN2)CC1. The van der Waals surface area contributed by atoms with Gasteiger partial charge in [-0.2, -0.15) is 0 Å². The van der Waals surface area contributed by atoms with Gasteiger partial charge in [0.2, 0.25) is 0 Å². The van der Waals surface area contributed by atoms with E-state index >= 15 is 0 Å². The van der Waals surface area contributed by atoms with Gasteiger partial charge >= 0.3 is 0 Å².